The highest BCUT2D eigenvalue weighted by atomic mass is 16.2. The maximum atomic E-state index is 11.9. The summed E-state index contributed by atoms with van der Waals surface area (Å²) < 4.78 is 0. The topological polar surface area (TPSA) is 74.0 Å². The number of nitrogens with two attached hydrogens (primary N) is 1. The van der Waals surface area contributed by atoms with E-state index in [9.17, 15) is 4.79 Å². The highest BCUT2D eigenvalue weighted by molar-refractivity contribution is 5.97. The first kappa shape index (κ1) is 13.1. The number of guanidine groups is 1. The maximum Gasteiger partial charge on any atom is 0.286 e. The predicted molar refractivity (Wildman–Crippen MR) is 67.7 cm³/mol. The summed E-state index contributed by atoms with van der Waals surface area (Å²) in [5.74, 6) is 0.00546. The van der Waals surface area contributed by atoms with E-state index in [0.717, 1.165) is 13.1 Å². The van der Waals surface area contributed by atoms with Gasteiger partial charge in [-0.2, -0.15) is 0 Å². The van der Waals surface area contributed by atoms with Crippen LogP contribution in [0.1, 0.15) is 13.8 Å². The van der Waals surface area contributed by atoms with E-state index in [1.54, 1.807) is 13.1 Å². The van der Waals surface area contributed by atoms with Crippen molar-refractivity contribution in [1.82, 2.24) is 15.3 Å². The molecule has 0 unspecified atom stereocenters. The monoisotopic (exact) mass is 237 g/mol. The van der Waals surface area contributed by atoms with Crippen molar-refractivity contribution >= 4 is 11.9 Å². The molecule has 0 fully saturated rings. The lowest BCUT2D eigenvalue weighted by atomic mass is 10.2. The average molecular weight is 237 g/mol. The van der Waals surface area contributed by atoms with Gasteiger partial charge < -0.3 is 10.6 Å². The smallest absolute Gasteiger partial charge is 0.286 e. The number of aliphatic imine (C=N–C) groups is 1. The lowest BCUT2D eigenvalue weighted by Crippen LogP contribution is -2.53. The molecule has 0 atom stereocenters. The Bertz CT molecular complexity index is 381. The zero-order valence-corrected chi connectivity index (χ0v) is 10.5. The van der Waals surface area contributed by atoms with Gasteiger partial charge in [-0.25, -0.2) is 5.01 Å². The van der Waals surface area contributed by atoms with Gasteiger partial charge in [-0.15, -0.1) is 0 Å². The van der Waals surface area contributed by atoms with Crippen LogP contribution in [0.4, 0.5) is 0 Å². The fourth-order valence-corrected chi connectivity index (χ4v) is 1.62. The summed E-state index contributed by atoms with van der Waals surface area (Å²) >= 11 is 0. The van der Waals surface area contributed by atoms with E-state index in [2.05, 4.69) is 17.0 Å². The lowest BCUT2D eigenvalue weighted by molar-refractivity contribution is -0.122. The van der Waals surface area contributed by atoms with Crippen LogP contribution in [-0.2, 0) is 4.79 Å². The first-order chi connectivity index (χ1) is 8.04. The molecule has 1 amide bonds. The normalized spacial score (nSPS) is 16.8. The molecule has 94 valence electrons. The van der Waals surface area contributed by atoms with E-state index < -0.39 is 0 Å². The Labute approximate surface area is 101 Å². The van der Waals surface area contributed by atoms with Crippen LogP contribution < -0.4 is 11.2 Å². The molecule has 17 heavy (non-hydrogen) atoms. The van der Waals surface area contributed by atoms with Gasteiger partial charge in [-0.05, 0) is 19.9 Å². The third-order valence-electron chi connectivity index (χ3n) is 2.60. The summed E-state index contributed by atoms with van der Waals surface area (Å²) in [7, 11) is 1.55. The number of amides is 1. The molecule has 0 aromatic heterocycles. The molecule has 0 radical (unpaired) electrons. The summed E-state index contributed by atoms with van der Waals surface area (Å²) in [4.78, 5) is 17.7. The van der Waals surface area contributed by atoms with Crippen LogP contribution >= 0.6 is 0 Å². The van der Waals surface area contributed by atoms with E-state index in [0.29, 0.717) is 11.4 Å². The molecule has 0 bridgehead atoms. The summed E-state index contributed by atoms with van der Waals surface area (Å²) in [5.41, 5.74) is 9.48. The third kappa shape index (κ3) is 2.58. The van der Waals surface area contributed by atoms with Crippen LogP contribution in [0.5, 0.6) is 0 Å². The largest absolute Gasteiger partial charge is 0.368 e. The van der Waals surface area contributed by atoms with Crippen molar-refractivity contribution in [3.63, 3.8) is 0 Å². The van der Waals surface area contributed by atoms with E-state index in [1.165, 1.54) is 5.01 Å². The summed E-state index contributed by atoms with van der Waals surface area (Å²) in [6.45, 7) is 9.37. The van der Waals surface area contributed by atoms with E-state index >= 15 is 0 Å². The van der Waals surface area contributed by atoms with E-state index in [4.69, 9.17) is 5.73 Å². The van der Waals surface area contributed by atoms with Crippen LogP contribution in [0.15, 0.2) is 29.0 Å². The van der Waals surface area contributed by atoms with Gasteiger partial charge in [0.25, 0.3) is 5.91 Å². The molecule has 1 rings (SSSR count). The zero-order chi connectivity index (χ0) is 13.0. The number of hydrogen-bond donors (Lipinski definition) is 2. The number of likely N-dealkylation sites (N-methyl/N-ethyl adjacent to an activating group) is 1. The van der Waals surface area contributed by atoms with Crippen LogP contribution in [0.2, 0.25) is 0 Å². The zero-order valence-electron chi connectivity index (χ0n) is 10.5. The molecular weight excluding hydrogens is 218 g/mol. The second kappa shape index (κ2) is 5.38. The number of hydrazine groups is 1. The standard InChI is InChI=1S/C11H19N5O/c1-5-15(6-2)9-7-8(3)16(11(12)13-4)14-10(9)17/h7H,3,5-6H2,1-2,4H3,(H2,12,13)(H,14,17). The minimum absolute atomic E-state index is 0.201. The first-order valence-electron chi connectivity index (χ1n) is 5.54. The fourth-order valence-electron chi connectivity index (χ4n) is 1.62. The fraction of sp³-hybridized carbons (Fsp3) is 0.455. The Balaban J connectivity index is 3.00. The SMILES string of the molecule is C=C1C=C(N(CC)CC)C(=O)NN1C(N)=NC. The molecule has 0 aliphatic carbocycles. The molecule has 0 spiro atoms. The van der Waals surface area contributed by atoms with Crippen molar-refractivity contribution in [2.24, 2.45) is 10.7 Å². The number of carbonyl (C=O) groups excluding carboxylic acids is 1. The van der Waals surface area contributed by atoms with Crippen molar-refractivity contribution in [2.45, 2.75) is 13.8 Å². The molecule has 0 aromatic rings. The molecule has 6 nitrogen and oxygen atoms in total. The van der Waals surface area contributed by atoms with Gasteiger partial charge in [0.2, 0.25) is 5.96 Å². The van der Waals surface area contributed by atoms with Crippen molar-refractivity contribution in [3.05, 3.63) is 24.0 Å². The quantitative estimate of drug-likeness (QED) is 0.536. The summed E-state index contributed by atoms with van der Waals surface area (Å²) in [6.07, 6.45) is 1.71. The highest BCUT2D eigenvalue weighted by Gasteiger charge is 2.25. The van der Waals surface area contributed by atoms with Gasteiger partial charge in [0, 0.05) is 20.1 Å². The molecule has 0 aromatic carbocycles. The van der Waals surface area contributed by atoms with Gasteiger partial charge in [0.1, 0.15) is 5.70 Å². The third-order valence-corrected chi connectivity index (χ3v) is 2.60. The van der Waals surface area contributed by atoms with E-state index in [1.807, 2.05) is 18.7 Å². The number of carbonyl (C=O) groups is 1. The summed E-state index contributed by atoms with van der Waals surface area (Å²) in [5, 5.41) is 1.37. The maximum absolute atomic E-state index is 11.9. The molecule has 0 saturated heterocycles. The van der Waals surface area contributed by atoms with Crippen molar-refractivity contribution in [1.29, 1.82) is 0 Å². The molecule has 3 N–H and O–H groups in total. The minimum Gasteiger partial charge on any atom is -0.368 e. The van der Waals surface area contributed by atoms with Gasteiger partial charge in [-0.1, -0.05) is 6.58 Å². The van der Waals surface area contributed by atoms with Gasteiger partial charge >= 0.3 is 0 Å². The Morgan fingerprint density at radius 3 is 2.65 bits per heavy atom. The second-order valence-electron chi connectivity index (χ2n) is 3.55. The molecular formula is C11H19N5O. The number of nitrogens with zero attached hydrogens (tertiary/aromatic N) is 3. The Morgan fingerprint density at radius 2 is 2.18 bits per heavy atom. The molecule has 1 aliphatic rings. The summed E-state index contributed by atoms with van der Waals surface area (Å²) in [6, 6.07) is 0. The minimum atomic E-state index is -0.201. The van der Waals surface area contributed by atoms with Crippen molar-refractivity contribution < 1.29 is 4.79 Å². The first-order valence-corrected chi connectivity index (χ1v) is 5.54. The number of rotatable bonds is 3. The molecule has 0 saturated carbocycles. The Morgan fingerprint density at radius 1 is 1.59 bits per heavy atom. The second-order valence-corrected chi connectivity index (χ2v) is 3.55. The van der Waals surface area contributed by atoms with Crippen molar-refractivity contribution in [2.75, 3.05) is 20.1 Å². The van der Waals surface area contributed by atoms with Crippen LogP contribution in [0, 0.1) is 0 Å². The van der Waals surface area contributed by atoms with Crippen molar-refractivity contribution in [3.8, 4) is 0 Å². The number of nitrogens with one attached hydrogen (secondary N) is 1. The average Bonchev–Trinajstić information content (AvgIpc) is 2.33. The van der Waals surface area contributed by atoms with Gasteiger partial charge in [0.15, 0.2) is 0 Å². The molecule has 1 aliphatic heterocycles. The van der Waals surface area contributed by atoms with E-state index in [-0.39, 0.29) is 11.9 Å². The van der Waals surface area contributed by atoms with Crippen LogP contribution in [-0.4, -0.2) is 41.9 Å². The van der Waals surface area contributed by atoms with Crippen LogP contribution in [0.25, 0.3) is 0 Å². The predicted octanol–water partition coefficient (Wildman–Crippen LogP) is 0.0171. The number of allylic oxidation sites excluding steroid dienone is 1. The van der Waals surface area contributed by atoms with Gasteiger partial charge in [0.05, 0.1) is 5.70 Å². The highest BCUT2D eigenvalue weighted by Crippen LogP contribution is 2.15. The van der Waals surface area contributed by atoms with Gasteiger partial charge in [-0.3, -0.25) is 15.2 Å². The molecule has 1 heterocycles. The van der Waals surface area contributed by atoms with Crippen LogP contribution in [0.3, 0.4) is 0 Å². The lowest BCUT2D eigenvalue weighted by Gasteiger charge is -2.33. The molecule has 6 heteroatoms. The Kier molecular flexibility index (Phi) is 4.14. The Hall–Kier alpha value is -1.98. The number of hydrogen-bond acceptors (Lipinski definition) is 3.